The highest BCUT2D eigenvalue weighted by Gasteiger charge is 2.01. The van der Waals surface area contributed by atoms with E-state index >= 15 is 0 Å². The van der Waals surface area contributed by atoms with Gasteiger partial charge in [-0.15, -0.1) is 0 Å². The molecule has 0 aliphatic rings. The number of benzene rings is 2. The van der Waals surface area contributed by atoms with Crippen molar-refractivity contribution >= 4 is 11.9 Å². The first-order valence-electron chi connectivity index (χ1n) is 5.75. The van der Waals surface area contributed by atoms with Gasteiger partial charge in [-0.3, -0.25) is 0 Å². The van der Waals surface area contributed by atoms with Crippen LogP contribution in [0.1, 0.15) is 18.1 Å². The largest absolute Gasteiger partial charge is 0.618 e. The zero-order valence-corrected chi connectivity index (χ0v) is 9.84. The number of rotatable bonds is 3. The Morgan fingerprint density at radius 3 is 2.24 bits per heavy atom. The van der Waals surface area contributed by atoms with E-state index in [2.05, 4.69) is 6.92 Å². The van der Waals surface area contributed by atoms with Gasteiger partial charge in [0.25, 0.3) is 0 Å². The zero-order valence-electron chi connectivity index (χ0n) is 9.84. The molecule has 0 atom stereocenters. The Balaban J connectivity index is 2.24. The van der Waals surface area contributed by atoms with Crippen molar-refractivity contribution in [3.05, 3.63) is 70.9 Å². The van der Waals surface area contributed by atoms with Crippen molar-refractivity contribution in [1.29, 1.82) is 0 Å². The fourth-order valence-corrected chi connectivity index (χ4v) is 1.63. The minimum absolute atomic E-state index is 0.658. The molecule has 2 aromatic carbocycles. The molecule has 0 fully saturated rings. The summed E-state index contributed by atoms with van der Waals surface area (Å²) in [5.41, 5.74) is 2.80. The van der Waals surface area contributed by atoms with E-state index in [1.165, 1.54) is 5.56 Å². The number of hydrogen-bond donors (Lipinski definition) is 0. The molecule has 2 heteroatoms. The highest BCUT2D eigenvalue weighted by molar-refractivity contribution is 5.76. The third-order valence-corrected chi connectivity index (χ3v) is 2.66. The molecule has 0 aliphatic heterocycles. The Hall–Kier alpha value is -2.09. The Labute approximate surface area is 101 Å². The maximum Gasteiger partial charge on any atom is 0.216 e. The van der Waals surface area contributed by atoms with Crippen LogP contribution in [0.25, 0.3) is 0 Å². The van der Waals surface area contributed by atoms with E-state index in [1.807, 2.05) is 54.6 Å². The lowest BCUT2D eigenvalue weighted by atomic mass is 10.1. The lowest BCUT2D eigenvalue weighted by Crippen LogP contribution is -1.98. The van der Waals surface area contributed by atoms with Crippen molar-refractivity contribution in [1.82, 2.24) is 0 Å². The molecule has 17 heavy (non-hydrogen) atoms. The third kappa shape index (κ3) is 2.94. The smallest absolute Gasteiger partial charge is 0.216 e. The molecule has 0 bridgehead atoms. The van der Waals surface area contributed by atoms with Gasteiger partial charge in [0.05, 0.1) is 0 Å². The fourth-order valence-electron chi connectivity index (χ4n) is 1.63. The van der Waals surface area contributed by atoms with Crippen LogP contribution in [0.3, 0.4) is 0 Å². The number of aryl methyl sites for hydroxylation is 1. The van der Waals surface area contributed by atoms with E-state index in [1.54, 1.807) is 6.21 Å². The minimum Gasteiger partial charge on any atom is -0.618 e. The van der Waals surface area contributed by atoms with Crippen molar-refractivity contribution < 1.29 is 4.74 Å². The zero-order chi connectivity index (χ0) is 12.1. The molecule has 2 rings (SSSR count). The maximum absolute atomic E-state index is 11.9. The second kappa shape index (κ2) is 5.30. The van der Waals surface area contributed by atoms with Gasteiger partial charge >= 0.3 is 0 Å². The molecule has 2 aromatic rings. The summed E-state index contributed by atoms with van der Waals surface area (Å²) in [7, 11) is 0. The molecule has 0 unspecified atom stereocenters. The van der Waals surface area contributed by atoms with Gasteiger partial charge in [0, 0.05) is 17.7 Å². The highest BCUT2D eigenvalue weighted by Crippen LogP contribution is 2.12. The first-order valence-corrected chi connectivity index (χ1v) is 5.75. The molecule has 0 aliphatic carbocycles. The molecule has 0 saturated heterocycles. The number of hydrogen-bond acceptors (Lipinski definition) is 1. The molecule has 0 saturated carbocycles. The van der Waals surface area contributed by atoms with Crippen LogP contribution in [-0.4, -0.2) is 11.0 Å². The van der Waals surface area contributed by atoms with Gasteiger partial charge in [-0.25, -0.2) is 0 Å². The normalized spacial score (nSPS) is 11.5. The van der Waals surface area contributed by atoms with Gasteiger partial charge in [0.15, 0.2) is 6.21 Å². The van der Waals surface area contributed by atoms with Gasteiger partial charge < -0.3 is 5.21 Å². The molecular formula is C15H15NO. The predicted octanol–water partition coefficient (Wildman–Crippen LogP) is 3.51. The summed E-state index contributed by atoms with van der Waals surface area (Å²) in [5.74, 6) is 0. The second-order valence-corrected chi connectivity index (χ2v) is 3.89. The highest BCUT2D eigenvalue weighted by atomic mass is 16.5. The lowest BCUT2D eigenvalue weighted by Gasteiger charge is -2.03. The summed E-state index contributed by atoms with van der Waals surface area (Å²) in [5, 5.41) is 11.9. The van der Waals surface area contributed by atoms with Gasteiger partial charge in [-0.1, -0.05) is 37.3 Å². The van der Waals surface area contributed by atoms with Crippen LogP contribution in [-0.2, 0) is 6.42 Å². The van der Waals surface area contributed by atoms with Crippen molar-refractivity contribution in [2.45, 2.75) is 13.3 Å². The average Bonchev–Trinajstić information content (AvgIpc) is 2.40. The summed E-state index contributed by atoms with van der Waals surface area (Å²) in [6.07, 6.45) is 2.57. The van der Waals surface area contributed by atoms with Crippen LogP contribution < -0.4 is 0 Å². The van der Waals surface area contributed by atoms with Gasteiger partial charge in [-0.05, 0) is 24.1 Å². The van der Waals surface area contributed by atoms with Crippen molar-refractivity contribution in [3.8, 4) is 0 Å². The Bertz CT molecular complexity index is 500. The van der Waals surface area contributed by atoms with Gasteiger partial charge in [0.2, 0.25) is 5.69 Å². The van der Waals surface area contributed by atoms with Crippen LogP contribution in [0, 0.1) is 5.21 Å². The minimum atomic E-state index is 0.658. The lowest BCUT2D eigenvalue weighted by molar-refractivity contribution is -0.354. The monoisotopic (exact) mass is 225 g/mol. The van der Waals surface area contributed by atoms with E-state index < -0.39 is 0 Å². The van der Waals surface area contributed by atoms with Crippen LogP contribution in [0.2, 0.25) is 0 Å². The second-order valence-electron chi connectivity index (χ2n) is 3.89. The fraction of sp³-hybridized carbons (Fsp3) is 0.133. The van der Waals surface area contributed by atoms with E-state index in [9.17, 15) is 5.21 Å². The van der Waals surface area contributed by atoms with Crippen molar-refractivity contribution in [2.24, 2.45) is 0 Å². The Kier molecular flexibility index (Phi) is 3.55. The van der Waals surface area contributed by atoms with E-state index in [-0.39, 0.29) is 0 Å². The van der Waals surface area contributed by atoms with E-state index in [0.29, 0.717) is 5.69 Å². The summed E-state index contributed by atoms with van der Waals surface area (Å²) in [6, 6.07) is 17.3. The molecule has 0 N–H and O–H groups in total. The van der Waals surface area contributed by atoms with E-state index in [0.717, 1.165) is 16.7 Å². The Morgan fingerprint density at radius 1 is 1.00 bits per heavy atom. The maximum atomic E-state index is 11.9. The van der Waals surface area contributed by atoms with Gasteiger partial charge in [0.1, 0.15) is 0 Å². The molecule has 86 valence electrons. The van der Waals surface area contributed by atoms with Crippen molar-refractivity contribution in [3.63, 3.8) is 0 Å². The van der Waals surface area contributed by atoms with Crippen LogP contribution >= 0.6 is 0 Å². The first-order chi connectivity index (χ1) is 8.29. The SMILES string of the molecule is CCc1ccc(/[N+]([O-])=C\c2ccccc2)cc1. The van der Waals surface area contributed by atoms with Crippen molar-refractivity contribution in [2.75, 3.05) is 0 Å². The summed E-state index contributed by atoms with van der Waals surface area (Å²) in [4.78, 5) is 0. The molecule has 0 heterocycles. The molecule has 0 spiro atoms. The molecule has 0 aromatic heterocycles. The molecule has 0 amide bonds. The summed E-state index contributed by atoms with van der Waals surface area (Å²) >= 11 is 0. The van der Waals surface area contributed by atoms with Crippen LogP contribution in [0.15, 0.2) is 54.6 Å². The summed E-state index contributed by atoms with van der Waals surface area (Å²) in [6.45, 7) is 2.10. The van der Waals surface area contributed by atoms with Crippen LogP contribution in [0.4, 0.5) is 5.69 Å². The first kappa shape index (κ1) is 11.4. The number of nitrogens with zero attached hydrogens (tertiary/aromatic N) is 1. The third-order valence-electron chi connectivity index (χ3n) is 2.66. The quantitative estimate of drug-likeness (QED) is 0.340. The molecule has 2 nitrogen and oxygen atoms in total. The average molecular weight is 225 g/mol. The molecular weight excluding hydrogens is 210 g/mol. The summed E-state index contributed by atoms with van der Waals surface area (Å²) < 4.78 is 0.898. The molecule has 0 radical (unpaired) electrons. The van der Waals surface area contributed by atoms with E-state index in [4.69, 9.17) is 0 Å². The van der Waals surface area contributed by atoms with Gasteiger partial charge in [-0.2, -0.15) is 4.74 Å². The van der Waals surface area contributed by atoms with Crippen LogP contribution in [0.5, 0.6) is 0 Å². The topological polar surface area (TPSA) is 26.1 Å². The Morgan fingerprint density at radius 2 is 1.65 bits per heavy atom. The standard InChI is InChI=1S/C15H15NO/c1-2-13-8-10-15(11-9-13)16(17)12-14-6-4-3-5-7-14/h3-12H,2H2,1H3/b16-12+. The predicted molar refractivity (Wildman–Crippen MR) is 70.7 cm³/mol.